The summed E-state index contributed by atoms with van der Waals surface area (Å²) in [6, 6.07) is 3.78. The highest BCUT2D eigenvalue weighted by Gasteiger charge is 2.20. The molecule has 0 aliphatic heterocycles. The van der Waals surface area contributed by atoms with E-state index in [0.717, 1.165) is 39.0 Å². The lowest BCUT2D eigenvalue weighted by Gasteiger charge is -2.16. The average Bonchev–Trinajstić information content (AvgIpc) is 3.31. The van der Waals surface area contributed by atoms with Gasteiger partial charge < -0.3 is 15.0 Å². The maximum Gasteiger partial charge on any atom is 0.255 e. The maximum atomic E-state index is 12.1. The molecule has 4 aromatic heterocycles. The first-order chi connectivity index (χ1) is 13.5. The van der Waals surface area contributed by atoms with E-state index in [0.29, 0.717) is 5.56 Å². The highest BCUT2D eigenvalue weighted by atomic mass is 16.3. The third-order valence-electron chi connectivity index (χ3n) is 4.74. The van der Waals surface area contributed by atoms with Crippen LogP contribution in [0.2, 0.25) is 0 Å². The number of likely N-dealkylation sites (N-methyl/N-ethyl adjacent to an activating group) is 1. The summed E-state index contributed by atoms with van der Waals surface area (Å²) in [6.45, 7) is 1.94. The number of carbonyl (C=O) groups excluding carboxylic acids is 1. The first-order valence-electron chi connectivity index (χ1n) is 8.78. The molecule has 3 N–H and O–H groups in total. The smallest absolute Gasteiger partial charge is 0.255 e. The number of hydrogen-bond donors (Lipinski definition) is 3. The fourth-order valence-corrected chi connectivity index (χ4v) is 3.17. The van der Waals surface area contributed by atoms with E-state index in [4.69, 9.17) is 0 Å². The highest BCUT2D eigenvalue weighted by Crippen LogP contribution is 2.32. The molecule has 4 heterocycles. The Balaban J connectivity index is 1.77. The minimum absolute atomic E-state index is 0.393. The van der Waals surface area contributed by atoms with Gasteiger partial charge >= 0.3 is 0 Å². The predicted molar refractivity (Wildman–Crippen MR) is 105 cm³/mol. The molecular weight excluding hydrogens is 356 g/mol. The second-order valence-electron chi connectivity index (χ2n) is 6.85. The largest absolute Gasteiger partial charge is 0.378 e. The van der Waals surface area contributed by atoms with E-state index in [1.807, 2.05) is 25.4 Å². The molecule has 0 saturated carbocycles. The van der Waals surface area contributed by atoms with Crippen LogP contribution in [-0.2, 0) is 4.79 Å². The molecule has 1 amide bonds. The topological polar surface area (TPSA) is 111 Å². The Morgan fingerprint density at radius 3 is 2.61 bits per heavy atom. The Morgan fingerprint density at radius 2 is 1.89 bits per heavy atom. The van der Waals surface area contributed by atoms with E-state index in [1.165, 1.54) is 11.1 Å². The molecule has 4 aromatic rings. The third-order valence-corrected chi connectivity index (χ3v) is 4.74. The molecule has 0 aromatic carbocycles. The summed E-state index contributed by atoms with van der Waals surface area (Å²) in [6.07, 6.45) is 7.44. The molecule has 0 spiro atoms. The third kappa shape index (κ3) is 3.03. The first kappa shape index (κ1) is 17.9. The van der Waals surface area contributed by atoms with Crippen molar-refractivity contribution in [1.82, 2.24) is 30.0 Å². The van der Waals surface area contributed by atoms with Gasteiger partial charge in [-0.25, -0.2) is 4.98 Å². The van der Waals surface area contributed by atoms with Crippen molar-refractivity contribution >= 4 is 16.9 Å². The van der Waals surface area contributed by atoms with Crippen LogP contribution in [0.3, 0.4) is 0 Å². The Hall–Kier alpha value is -3.52. The van der Waals surface area contributed by atoms with Crippen LogP contribution in [0.15, 0.2) is 43.1 Å². The van der Waals surface area contributed by atoms with Gasteiger partial charge in [0.25, 0.3) is 5.91 Å². The van der Waals surface area contributed by atoms with Crippen molar-refractivity contribution < 1.29 is 9.90 Å². The number of nitrogens with zero attached hydrogens (tertiary/aromatic N) is 4. The van der Waals surface area contributed by atoms with Crippen molar-refractivity contribution in [3.63, 3.8) is 0 Å². The predicted octanol–water partition coefficient (Wildman–Crippen LogP) is 2.45. The fourth-order valence-electron chi connectivity index (χ4n) is 3.17. The molecule has 4 rings (SSSR count). The van der Waals surface area contributed by atoms with Gasteiger partial charge in [-0.3, -0.25) is 14.9 Å². The van der Waals surface area contributed by atoms with Crippen molar-refractivity contribution in [1.29, 1.82) is 0 Å². The summed E-state index contributed by atoms with van der Waals surface area (Å²) >= 11 is 0. The summed E-state index contributed by atoms with van der Waals surface area (Å²) in [7, 11) is 3.21. The van der Waals surface area contributed by atoms with Gasteiger partial charge in [0.05, 0.1) is 5.69 Å². The Morgan fingerprint density at radius 1 is 1.11 bits per heavy atom. The molecule has 8 heteroatoms. The van der Waals surface area contributed by atoms with Gasteiger partial charge in [-0.05, 0) is 19.1 Å². The lowest BCUT2D eigenvalue weighted by molar-refractivity contribution is -0.137. The number of aliphatic hydroxyl groups excluding tert-OH is 1. The molecule has 28 heavy (non-hydrogen) atoms. The molecule has 0 aliphatic carbocycles. The van der Waals surface area contributed by atoms with Crippen LogP contribution in [0.25, 0.3) is 33.3 Å². The van der Waals surface area contributed by atoms with Crippen molar-refractivity contribution in [2.24, 2.45) is 0 Å². The zero-order valence-corrected chi connectivity index (χ0v) is 15.8. The second-order valence-corrected chi connectivity index (χ2v) is 6.85. The zero-order valence-electron chi connectivity index (χ0n) is 15.8. The number of aryl methyl sites for hydroxylation is 1. The monoisotopic (exact) mass is 376 g/mol. The molecule has 142 valence electrons. The number of aromatic nitrogens is 5. The first-order valence-corrected chi connectivity index (χ1v) is 8.78. The summed E-state index contributed by atoms with van der Waals surface area (Å²) in [5, 5.41) is 18.3. The summed E-state index contributed by atoms with van der Waals surface area (Å²) in [4.78, 5) is 25.3. The van der Waals surface area contributed by atoms with Crippen molar-refractivity contribution in [2.75, 3.05) is 14.1 Å². The van der Waals surface area contributed by atoms with Gasteiger partial charge in [0.2, 0.25) is 0 Å². The number of hydrogen-bond acceptors (Lipinski definition) is 5. The highest BCUT2D eigenvalue weighted by molar-refractivity contribution is 5.96. The molecule has 0 saturated heterocycles. The summed E-state index contributed by atoms with van der Waals surface area (Å²) < 4.78 is 0. The van der Waals surface area contributed by atoms with Crippen molar-refractivity contribution in [3.05, 3.63) is 54.4 Å². The van der Waals surface area contributed by atoms with E-state index in [2.05, 4.69) is 25.1 Å². The van der Waals surface area contributed by atoms with Gasteiger partial charge in [-0.2, -0.15) is 5.10 Å². The van der Waals surface area contributed by atoms with E-state index in [1.54, 1.807) is 32.6 Å². The molecule has 0 aliphatic rings. The van der Waals surface area contributed by atoms with E-state index >= 15 is 0 Å². The minimum Gasteiger partial charge on any atom is -0.378 e. The Labute approximate surface area is 161 Å². The van der Waals surface area contributed by atoms with Crippen molar-refractivity contribution in [3.8, 4) is 22.3 Å². The number of rotatable bonds is 4. The molecule has 8 nitrogen and oxygen atoms in total. The number of pyridine rings is 2. The number of aliphatic hydroxyl groups is 1. The molecule has 1 atom stereocenters. The average molecular weight is 376 g/mol. The molecule has 0 radical (unpaired) electrons. The Bertz CT molecular complexity index is 1160. The number of fused-ring (bicyclic) bond motifs is 1. The quantitative estimate of drug-likeness (QED) is 0.507. The number of aromatic amines is 2. The standard InChI is InChI=1S/C20H20N6O2/c1-11-16(10-24-25-11)17-9-23-19-15(17)5-13(8-22-19)12-4-14(7-21-6-12)18(27)20(28)26(2)3/h4-10,18,27H,1-3H3,(H,22,23)(H,24,25). The summed E-state index contributed by atoms with van der Waals surface area (Å²) in [5.41, 5.74) is 5.73. The van der Waals surface area contributed by atoms with Crippen LogP contribution in [0.4, 0.5) is 0 Å². The van der Waals surface area contributed by atoms with Crippen molar-refractivity contribution in [2.45, 2.75) is 13.0 Å². The van der Waals surface area contributed by atoms with Crippen LogP contribution in [-0.4, -0.2) is 55.2 Å². The van der Waals surface area contributed by atoms with Crippen LogP contribution in [0.5, 0.6) is 0 Å². The number of amides is 1. The lowest BCUT2D eigenvalue weighted by Crippen LogP contribution is -2.28. The molecule has 1 unspecified atom stereocenters. The molecule has 0 fully saturated rings. The normalized spacial score (nSPS) is 12.3. The van der Waals surface area contributed by atoms with Gasteiger partial charge in [0.1, 0.15) is 5.65 Å². The minimum atomic E-state index is -1.25. The van der Waals surface area contributed by atoms with Crippen LogP contribution in [0.1, 0.15) is 17.4 Å². The fraction of sp³-hybridized carbons (Fsp3) is 0.200. The molecule has 0 bridgehead atoms. The Kier molecular flexibility index (Phi) is 4.40. The van der Waals surface area contributed by atoms with Crippen LogP contribution in [0, 0.1) is 6.92 Å². The lowest BCUT2D eigenvalue weighted by atomic mass is 10.0. The number of carbonyl (C=O) groups is 1. The van der Waals surface area contributed by atoms with E-state index in [9.17, 15) is 9.90 Å². The number of H-pyrrole nitrogens is 2. The van der Waals surface area contributed by atoms with Crippen LogP contribution >= 0.6 is 0 Å². The zero-order chi connectivity index (χ0) is 19.8. The second kappa shape index (κ2) is 6.90. The van der Waals surface area contributed by atoms with E-state index < -0.39 is 12.0 Å². The summed E-state index contributed by atoms with van der Waals surface area (Å²) in [5.74, 6) is -0.393. The number of nitrogens with one attached hydrogen (secondary N) is 2. The van der Waals surface area contributed by atoms with Crippen LogP contribution < -0.4 is 0 Å². The molecular formula is C20H20N6O2. The van der Waals surface area contributed by atoms with Gasteiger partial charge in [-0.1, -0.05) is 0 Å². The van der Waals surface area contributed by atoms with Gasteiger partial charge in [-0.15, -0.1) is 0 Å². The van der Waals surface area contributed by atoms with Gasteiger partial charge in [0, 0.05) is 78.3 Å². The van der Waals surface area contributed by atoms with Gasteiger partial charge in [0.15, 0.2) is 6.10 Å². The maximum absolute atomic E-state index is 12.1. The van der Waals surface area contributed by atoms with E-state index in [-0.39, 0.29) is 0 Å². The SMILES string of the molecule is Cc1n[nH]cc1-c1c[nH]c2ncc(-c3cncc(C(O)C(=O)N(C)C)c3)cc12.